The van der Waals surface area contributed by atoms with Crippen molar-refractivity contribution in [2.45, 2.75) is 27.3 Å². The topological polar surface area (TPSA) is 92.8 Å². The fraction of sp³-hybridized carbons (Fsp3) is 0.231. The summed E-state index contributed by atoms with van der Waals surface area (Å²) in [6, 6.07) is 19.0. The lowest BCUT2D eigenvalue weighted by molar-refractivity contribution is 0.0526. The number of ether oxygens (including phenoxy) is 1. The Bertz CT molecular complexity index is 1300. The standard InChI is InChI=1S/C26H28N2O5S/c1-5-33-26(30)22-12-9-19(3)24(16-22)27-25(29)21-13-10-20(11-14-21)17-28(34(4,31)32)23-8-6-7-18(2)15-23/h6-16H,5,17H2,1-4H3,(H,27,29). The second-order valence-electron chi connectivity index (χ2n) is 8.01. The summed E-state index contributed by atoms with van der Waals surface area (Å²) in [5.41, 5.74) is 4.37. The van der Waals surface area contributed by atoms with Gasteiger partial charge in [0.05, 0.1) is 30.7 Å². The molecule has 34 heavy (non-hydrogen) atoms. The Morgan fingerprint density at radius 3 is 2.24 bits per heavy atom. The van der Waals surface area contributed by atoms with Crippen molar-refractivity contribution in [2.24, 2.45) is 0 Å². The van der Waals surface area contributed by atoms with Gasteiger partial charge in [0, 0.05) is 11.3 Å². The van der Waals surface area contributed by atoms with Gasteiger partial charge in [0.2, 0.25) is 10.0 Å². The molecule has 0 aromatic heterocycles. The summed E-state index contributed by atoms with van der Waals surface area (Å²) in [5.74, 6) is -0.791. The van der Waals surface area contributed by atoms with Gasteiger partial charge in [0.1, 0.15) is 0 Å². The fourth-order valence-electron chi connectivity index (χ4n) is 3.40. The molecule has 0 aliphatic heterocycles. The lowest BCUT2D eigenvalue weighted by Crippen LogP contribution is -2.29. The minimum Gasteiger partial charge on any atom is -0.462 e. The first-order valence-electron chi connectivity index (χ1n) is 10.8. The molecular weight excluding hydrogens is 452 g/mol. The Morgan fingerprint density at radius 1 is 0.941 bits per heavy atom. The summed E-state index contributed by atoms with van der Waals surface area (Å²) in [6.07, 6.45) is 1.17. The van der Waals surface area contributed by atoms with Gasteiger partial charge in [0.25, 0.3) is 5.91 Å². The molecule has 8 heteroatoms. The molecule has 0 aliphatic carbocycles. The second-order valence-corrected chi connectivity index (χ2v) is 9.92. The van der Waals surface area contributed by atoms with Crippen molar-refractivity contribution >= 4 is 33.3 Å². The van der Waals surface area contributed by atoms with Crippen LogP contribution in [0.3, 0.4) is 0 Å². The smallest absolute Gasteiger partial charge is 0.338 e. The highest BCUT2D eigenvalue weighted by Gasteiger charge is 2.18. The van der Waals surface area contributed by atoms with Gasteiger partial charge in [-0.3, -0.25) is 9.10 Å². The van der Waals surface area contributed by atoms with Crippen LogP contribution in [0.25, 0.3) is 0 Å². The molecule has 0 aliphatic rings. The number of hydrogen-bond acceptors (Lipinski definition) is 5. The van der Waals surface area contributed by atoms with Crippen LogP contribution in [0, 0.1) is 13.8 Å². The third kappa shape index (κ3) is 6.23. The number of aryl methyl sites for hydroxylation is 2. The van der Waals surface area contributed by atoms with Crippen LogP contribution in [0.2, 0.25) is 0 Å². The third-order valence-corrected chi connectivity index (χ3v) is 6.37. The van der Waals surface area contributed by atoms with E-state index in [9.17, 15) is 18.0 Å². The second kappa shape index (κ2) is 10.5. The van der Waals surface area contributed by atoms with Crippen LogP contribution in [0.5, 0.6) is 0 Å². The van der Waals surface area contributed by atoms with Crippen LogP contribution >= 0.6 is 0 Å². The molecule has 3 aromatic carbocycles. The number of sulfonamides is 1. The Morgan fingerprint density at radius 2 is 1.62 bits per heavy atom. The first-order valence-corrected chi connectivity index (χ1v) is 12.7. The third-order valence-electron chi connectivity index (χ3n) is 5.23. The van der Waals surface area contributed by atoms with Gasteiger partial charge in [-0.05, 0) is 73.9 Å². The fourth-order valence-corrected chi connectivity index (χ4v) is 4.28. The number of nitrogens with one attached hydrogen (secondary N) is 1. The quantitative estimate of drug-likeness (QED) is 0.472. The van der Waals surface area contributed by atoms with E-state index in [4.69, 9.17) is 4.74 Å². The van der Waals surface area contributed by atoms with E-state index < -0.39 is 16.0 Å². The van der Waals surface area contributed by atoms with Crippen molar-refractivity contribution in [1.82, 2.24) is 0 Å². The summed E-state index contributed by atoms with van der Waals surface area (Å²) in [6.45, 7) is 5.88. The molecule has 0 saturated heterocycles. The molecule has 1 N–H and O–H groups in total. The lowest BCUT2D eigenvalue weighted by atomic mass is 10.1. The first kappa shape index (κ1) is 25.0. The number of nitrogens with zero attached hydrogens (tertiary/aromatic N) is 1. The number of carbonyl (C=O) groups excluding carboxylic acids is 2. The zero-order valence-electron chi connectivity index (χ0n) is 19.7. The molecule has 0 atom stereocenters. The SMILES string of the molecule is CCOC(=O)c1ccc(C)c(NC(=O)c2ccc(CN(c3cccc(C)c3)S(C)(=O)=O)cc2)c1. The van der Waals surface area contributed by atoms with Crippen LogP contribution in [0.4, 0.5) is 11.4 Å². The number of amides is 1. The van der Waals surface area contributed by atoms with E-state index >= 15 is 0 Å². The predicted octanol–water partition coefficient (Wildman–Crippen LogP) is 4.70. The summed E-state index contributed by atoms with van der Waals surface area (Å²) in [4.78, 5) is 24.8. The molecule has 0 saturated carbocycles. The van der Waals surface area contributed by atoms with E-state index in [1.165, 1.54) is 10.6 Å². The highest BCUT2D eigenvalue weighted by atomic mass is 32.2. The Kier molecular flexibility index (Phi) is 7.73. The molecule has 0 fully saturated rings. The summed E-state index contributed by atoms with van der Waals surface area (Å²) >= 11 is 0. The molecule has 3 aromatic rings. The van der Waals surface area contributed by atoms with Crippen molar-refractivity contribution in [3.63, 3.8) is 0 Å². The summed E-state index contributed by atoms with van der Waals surface area (Å²) in [5, 5.41) is 2.83. The number of carbonyl (C=O) groups is 2. The zero-order chi connectivity index (χ0) is 24.9. The highest BCUT2D eigenvalue weighted by molar-refractivity contribution is 7.92. The van der Waals surface area contributed by atoms with E-state index in [2.05, 4.69) is 5.32 Å². The molecule has 7 nitrogen and oxygen atoms in total. The average Bonchev–Trinajstić information content (AvgIpc) is 2.78. The van der Waals surface area contributed by atoms with E-state index in [-0.39, 0.29) is 19.1 Å². The molecule has 1 amide bonds. The van der Waals surface area contributed by atoms with Gasteiger partial charge in [-0.1, -0.05) is 30.3 Å². The molecule has 0 unspecified atom stereocenters. The molecule has 0 radical (unpaired) electrons. The number of anilines is 2. The largest absolute Gasteiger partial charge is 0.462 e. The minimum absolute atomic E-state index is 0.144. The predicted molar refractivity (Wildman–Crippen MR) is 134 cm³/mol. The van der Waals surface area contributed by atoms with E-state index in [0.717, 1.165) is 16.7 Å². The molecular formula is C26H28N2O5S. The Labute approximate surface area is 200 Å². The van der Waals surface area contributed by atoms with Crippen LogP contribution in [0.1, 0.15) is 44.3 Å². The van der Waals surface area contributed by atoms with Crippen molar-refractivity contribution in [3.05, 3.63) is 94.5 Å². The maximum Gasteiger partial charge on any atom is 0.338 e. The van der Waals surface area contributed by atoms with Crippen molar-refractivity contribution in [2.75, 3.05) is 22.5 Å². The van der Waals surface area contributed by atoms with Gasteiger partial charge in [-0.25, -0.2) is 13.2 Å². The Hall–Kier alpha value is -3.65. The van der Waals surface area contributed by atoms with Gasteiger partial charge in [-0.2, -0.15) is 0 Å². The molecule has 3 rings (SSSR count). The maximum atomic E-state index is 12.8. The minimum atomic E-state index is -3.50. The number of esters is 1. The molecule has 0 bridgehead atoms. The molecule has 0 heterocycles. The number of rotatable bonds is 8. The van der Waals surface area contributed by atoms with Crippen LogP contribution in [-0.2, 0) is 21.3 Å². The monoisotopic (exact) mass is 480 g/mol. The van der Waals surface area contributed by atoms with Gasteiger partial charge in [0.15, 0.2) is 0 Å². The molecule has 178 valence electrons. The van der Waals surface area contributed by atoms with Gasteiger partial charge in [-0.15, -0.1) is 0 Å². The van der Waals surface area contributed by atoms with Crippen LogP contribution in [0.15, 0.2) is 66.7 Å². The normalized spacial score (nSPS) is 11.1. The van der Waals surface area contributed by atoms with Crippen molar-refractivity contribution in [3.8, 4) is 0 Å². The lowest BCUT2D eigenvalue weighted by Gasteiger charge is -2.23. The summed E-state index contributed by atoms with van der Waals surface area (Å²) < 4.78 is 31.2. The first-order chi connectivity index (χ1) is 16.1. The van der Waals surface area contributed by atoms with Crippen molar-refractivity contribution in [1.29, 1.82) is 0 Å². The number of hydrogen-bond donors (Lipinski definition) is 1. The van der Waals surface area contributed by atoms with Gasteiger partial charge < -0.3 is 10.1 Å². The zero-order valence-corrected chi connectivity index (χ0v) is 20.5. The van der Waals surface area contributed by atoms with E-state index in [1.807, 2.05) is 32.0 Å². The van der Waals surface area contributed by atoms with E-state index in [1.54, 1.807) is 55.5 Å². The van der Waals surface area contributed by atoms with Crippen LogP contribution in [-0.4, -0.2) is 33.2 Å². The van der Waals surface area contributed by atoms with Gasteiger partial charge >= 0.3 is 5.97 Å². The van der Waals surface area contributed by atoms with Crippen molar-refractivity contribution < 1.29 is 22.7 Å². The maximum absolute atomic E-state index is 12.8. The molecule has 0 spiro atoms. The highest BCUT2D eigenvalue weighted by Crippen LogP contribution is 2.23. The van der Waals surface area contributed by atoms with E-state index in [0.29, 0.717) is 22.5 Å². The number of benzene rings is 3. The summed E-state index contributed by atoms with van der Waals surface area (Å²) in [7, 11) is -3.50. The average molecular weight is 481 g/mol. The Balaban J connectivity index is 1.77. The van der Waals surface area contributed by atoms with Crippen LogP contribution < -0.4 is 9.62 Å².